The molecule has 7 nitrogen and oxygen atoms in total. The minimum absolute atomic E-state index is 0.0455. The van der Waals surface area contributed by atoms with Crippen molar-refractivity contribution in [1.82, 2.24) is 0 Å². The second-order valence-electron chi connectivity index (χ2n) is 7.32. The SMILES string of the molecule is CCCCCCC(C)OC(=O)c1sc(NC(=O)OCc2ccccc2)c(C(=O)O)c1C. The van der Waals surface area contributed by atoms with Gasteiger partial charge in [-0.1, -0.05) is 56.5 Å². The first-order valence-corrected chi connectivity index (χ1v) is 11.2. The van der Waals surface area contributed by atoms with Crippen molar-refractivity contribution in [1.29, 1.82) is 0 Å². The van der Waals surface area contributed by atoms with Crippen molar-refractivity contribution in [2.75, 3.05) is 5.32 Å². The second-order valence-corrected chi connectivity index (χ2v) is 8.34. The molecule has 0 aliphatic carbocycles. The van der Waals surface area contributed by atoms with Crippen LogP contribution in [0.25, 0.3) is 0 Å². The standard InChI is InChI=1S/C23H29NO6S/c1-4-5-6-8-11-15(2)30-22(27)19-16(3)18(21(25)26)20(31-19)24-23(28)29-14-17-12-9-7-10-13-17/h7,9-10,12-13,15H,4-6,8,11,14H2,1-3H3,(H,24,28)(H,25,26). The lowest BCUT2D eigenvalue weighted by atomic mass is 10.1. The molecule has 0 aliphatic heterocycles. The number of aromatic carboxylic acids is 1. The number of thiophene rings is 1. The number of anilines is 1. The van der Waals surface area contributed by atoms with Crippen LogP contribution in [0.5, 0.6) is 0 Å². The Hall–Kier alpha value is -2.87. The van der Waals surface area contributed by atoms with E-state index in [1.165, 1.54) is 6.92 Å². The number of benzene rings is 1. The third-order valence-electron chi connectivity index (χ3n) is 4.75. The highest BCUT2D eigenvalue weighted by molar-refractivity contribution is 7.18. The number of esters is 1. The summed E-state index contributed by atoms with van der Waals surface area (Å²) in [5.41, 5.74) is 0.930. The van der Waals surface area contributed by atoms with Gasteiger partial charge >= 0.3 is 18.0 Å². The summed E-state index contributed by atoms with van der Waals surface area (Å²) in [6.45, 7) is 5.53. The highest BCUT2D eigenvalue weighted by Crippen LogP contribution is 2.34. The van der Waals surface area contributed by atoms with Gasteiger partial charge in [0, 0.05) is 0 Å². The zero-order valence-electron chi connectivity index (χ0n) is 18.1. The number of nitrogens with one attached hydrogen (secondary N) is 1. The molecule has 1 atom stereocenters. The third kappa shape index (κ3) is 7.40. The summed E-state index contributed by atoms with van der Waals surface area (Å²) in [6.07, 6.45) is 4.00. The van der Waals surface area contributed by atoms with Crippen LogP contribution in [0.4, 0.5) is 9.80 Å². The van der Waals surface area contributed by atoms with Gasteiger partial charge in [0.2, 0.25) is 0 Å². The molecule has 2 rings (SSSR count). The summed E-state index contributed by atoms with van der Waals surface area (Å²) in [7, 11) is 0. The zero-order chi connectivity index (χ0) is 22.8. The van der Waals surface area contributed by atoms with Crippen LogP contribution in [0, 0.1) is 6.92 Å². The monoisotopic (exact) mass is 447 g/mol. The quantitative estimate of drug-likeness (QED) is 0.323. The number of carbonyl (C=O) groups excluding carboxylic acids is 2. The average Bonchev–Trinajstić information content (AvgIpc) is 3.06. The molecule has 0 bridgehead atoms. The van der Waals surface area contributed by atoms with E-state index in [0.717, 1.165) is 49.0 Å². The molecule has 1 heterocycles. The number of carboxylic acids is 1. The lowest BCUT2D eigenvalue weighted by Gasteiger charge is -2.12. The fraction of sp³-hybridized carbons (Fsp3) is 0.435. The molecule has 168 valence electrons. The molecular weight excluding hydrogens is 418 g/mol. The van der Waals surface area contributed by atoms with Gasteiger partial charge in [-0.15, -0.1) is 11.3 Å². The number of hydrogen-bond acceptors (Lipinski definition) is 6. The van der Waals surface area contributed by atoms with Crippen LogP contribution in [0.1, 0.15) is 77.1 Å². The molecule has 0 aliphatic rings. The first kappa shape index (κ1) is 24.4. The molecule has 31 heavy (non-hydrogen) atoms. The molecule has 1 aromatic heterocycles. The van der Waals surface area contributed by atoms with E-state index in [0.29, 0.717) is 0 Å². The van der Waals surface area contributed by atoms with E-state index < -0.39 is 18.0 Å². The predicted molar refractivity (Wildman–Crippen MR) is 120 cm³/mol. The predicted octanol–water partition coefficient (Wildman–Crippen LogP) is 6.02. The Kier molecular flexibility index (Phi) is 9.52. The van der Waals surface area contributed by atoms with E-state index in [1.54, 1.807) is 0 Å². The third-order valence-corrected chi connectivity index (χ3v) is 5.93. The van der Waals surface area contributed by atoms with Crippen molar-refractivity contribution in [2.24, 2.45) is 0 Å². The van der Waals surface area contributed by atoms with E-state index in [9.17, 15) is 19.5 Å². The molecule has 0 spiro atoms. The molecule has 0 fully saturated rings. The molecular formula is C23H29NO6S. The number of carboxylic acid groups (broad SMARTS) is 1. The minimum Gasteiger partial charge on any atom is -0.478 e. The molecule has 8 heteroatoms. The lowest BCUT2D eigenvalue weighted by molar-refractivity contribution is 0.0324. The van der Waals surface area contributed by atoms with E-state index in [1.807, 2.05) is 37.3 Å². The summed E-state index contributed by atoms with van der Waals surface area (Å²) < 4.78 is 10.6. The molecule has 2 aromatic rings. The summed E-state index contributed by atoms with van der Waals surface area (Å²) in [5.74, 6) is -1.82. The zero-order valence-corrected chi connectivity index (χ0v) is 18.9. The highest BCUT2D eigenvalue weighted by atomic mass is 32.1. The van der Waals surface area contributed by atoms with Gasteiger partial charge in [0.1, 0.15) is 16.5 Å². The lowest BCUT2D eigenvalue weighted by Crippen LogP contribution is -2.15. The van der Waals surface area contributed by atoms with Crippen molar-refractivity contribution in [3.8, 4) is 0 Å². The first-order valence-electron chi connectivity index (χ1n) is 10.4. The van der Waals surface area contributed by atoms with Gasteiger partial charge in [0.25, 0.3) is 0 Å². The van der Waals surface area contributed by atoms with Gasteiger partial charge in [0.15, 0.2) is 0 Å². The second kappa shape index (κ2) is 12.1. The van der Waals surface area contributed by atoms with E-state index in [-0.39, 0.29) is 33.7 Å². The Labute approximate surface area is 186 Å². The summed E-state index contributed by atoms with van der Waals surface area (Å²) in [6, 6.07) is 9.12. The van der Waals surface area contributed by atoms with Crippen LogP contribution in [0.15, 0.2) is 30.3 Å². The van der Waals surface area contributed by atoms with Gasteiger partial charge < -0.3 is 14.6 Å². The topological polar surface area (TPSA) is 102 Å². The fourth-order valence-electron chi connectivity index (χ4n) is 3.06. The van der Waals surface area contributed by atoms with E-state index in [4.69, 9.17) is 9.47 Å². The molecule has 0 saturated carbocycles. The van der Waals surface area contributed by atoms with E-state index in [2.05, 4.69) is 12.2 Å². The van der Waals surface area contributed by atoms with E-state index >= 15 is 0 Å². The van der Waals surface area contributed by atoms with Crippen molar-refractivity contribution in [3.05, 3.63) is 51.9 Å². The van der Waals surface area contributed by atoms with Crippen molar-refractivity contribution >= 4 is 34.4 Å². The maximum Gasteiger partial charge on any atom is 0.412 e. The highest BCUT2D eigenvalue weighted by Gasteiger charge is 2.27. The first-order chi connectivity index (χ1) is 14.8. The number of ether oxygens (including phenoxy) is 2. The Morgan fingerprint density at radius 1 is 1.13 bits per heavy atom. The van der Waals surface area contributed by atoms with Crippen LogP contribution in [-0.4, -0.2) is 29.2 Å². The number of rotatable bonds is 11. The van der Waals surface area contributed by atoms with Gasteiger partial charge in [0.05, 0.1) is 11.7 Å². The van der Waals surface area contributed by atoms with Crippen LogP contribution in [0.2, 0.25) is 0 Å². The van der Waals surface area contributed by atoms with Crippen molar-refractivity contribution < 1.29 is 29.0 Å². The largest absolute Gasteiger partial charge is 0.478 e. The maximum absolute atomic E-state index is 12.6. The smallest absolute Gasteiger partial charge is 0.412 e. The molecule has 1 amide bonds. The number of amides is 1. The summed E-state index contributed by atoms with van der Waals surface area (Å²) >= 11 is 0.879. The molecule has 1 aromatic carbocycles. The number of hydrogen-bond donors (Lipinski definition) is 2. The van der Waals surface area contributed by atoms with Crippen molar-refractivity contribution in [2.45, 2.75) is 65.6 Å². The minimum atomic E-state index is -1.24. The Morgan fingerprint density at radius 3 is 2.48 bits per heavy atom. The Balaban J connectivity index is 2.04. The number of carbonyl (C=O) groups is 3. The van der Waals surface area contributed by atoms with Gasteiger partial charge in [-0.2, -0.15) is 0 Å². The van der Waals surface area contributed by atoms with Crippen LogP contribution in [-0.2, 0) is 16.1 Å². The van der Waals surface area contributed by atoms with Gasteiger partial charge in [-0.3, -0.25) is 5.32 Å². The van der Waals surface area contributed by atoms with Crippen molar-refractivity contribution in [3.63, 3.8) is 0 Å². The van der Waals surface area contributed by atoms with Crippen LogP contribution in [0.3, 0.4) is 0 Å². The molecule has 0 saturated heterocycles. The van der Waals surface area contributed by atoms with Gasteiger partial charge in [-0.25, -0.2) is 14.4 Å². The summed E-state index contributed by atoms with van der Waals surface area (Å²) in [5, 5.41) is 12.1. The fourth-order valence-corrected chi connectivity index (χ4v) is 4.13. The summed E-state index contributed by atoms with van der Waals surface area (Å²) in [4.78, 5) is 36.7. The maximum atomic E-state index is 12.6. The number of unbranched alkanes of at least 4 members (excludes halogenated alkanes) is 3. The Morgan fingerprint density at radius 2 is 1.84 bits per heavy atom. The van der Waals surface area contributed by atoms with Crippen LogP contribution < -0.4 is 5.32 Å². The Bertz CT molecular complexity index is 893. The average molecular weight is 448 g/mol. The molecule has 2 N–H and O–H groups in total. The normalized spacial score (nSPS) is 11.6. The van der Waals surface area contributed by atoms with Gasteiger partial charge in [-0.05, 0) is 37.8 Å². The van der Waals surface area contributed by atoms with Crippen LogP contribution >= 0.6 is 11.3 Å². The molecule has 1 unspecified atom stereocenters. The molecule has 0 radical (unpaired) electrons.